The van der Waals surface area contributed by atoms with E-state index in [0.717, 1.165) is 61.5 Å². The molecule has 290 valence electrons. The van der Waals surface area contributed by atoms with Gasteiger partial charge in [0.15, 0.2) is 0 Å². The number of fused-ring (bicyclic) bond motifs is 4. The maximum Gasteiger partial charge on any atom is 2.00 e. The van der Waals surface area contributed by atoms with Crippen LogP contribution in [0.2, 0.25) is 0 Å². The van der Waals surface area contributed by atoms with Gasteiger partial charge in [-0.05, 0) is 59.1 Å². The molecule has 0 unspecified atom stereocenters. The number of imidazole rings is 1. The first-order chi connectivity index (χ1) is 27.2. The number of pyridine rings is 2. The van der Waals surface area contributed by atoms with Gasteiger partial charge in [0.1, 0.15) is 5.82 Å². The smallest absolute Gasteiger partial charge is 0.599 e. The van der Waals surface area contributed by atoms with Crippen molar-refractivity contribution in [3.8, 4) is 28.5 Å². The van der Waals surface area contributed by atoms with Crippen LogP contribution in [-0.2, 0) is 37.3 Å². The van der Waals surface area contributed by atoms with Crippen LogP contribution in [0, 0.1) is 26.0 Å². The molecule has 5 heterocycles. The molecule has 0 radical (unpaired) electrons. The fraction of sp³-hybridized carbons (Fsp3) is 0.240. The van der Waals surface area contributed by atoms with Gasteiger partial charge in [-0.15, -0.1) is 30.3 Å². The minimum absolute atomic E-state index is 0. The molecule has 3 aromatic heterocycles. The Balaban J connectivity index is 0.00000436. The molecule has 0 atom stereocenters. The van der Waals surface area contributed by atoms with Crippen LogP contribution in [0.15, 0.2) is 109 Å². The van der Waals surface area contributed by atoms with Crippen LogP contribution in [0.3, 0.4) is 0 Å². The molecule has 0 saturated heterocycles. The second-order valence-corrected chi connectivity index (χ2v) is 17.8. The molecular weight excluding hydrogens is 894 g/mol. The van der Waals surface area contributed by atoms with Gasteiger partial charge in [-0.3, -0.25) is 4.98 Å². The molecule has 8 heteroatoms. The van der Waals surface area contributed by atoms with Crippen molar-refractivity contribution < 1.29 is 30.5 Å². The van der Waals surface area contributed by atoms with Gasteiger partial charge in [-0.2, -0.15) is 0 Å². The predicted octanol–water partition coefficient (Wildman–Crippen LogP) is 11.5. The molecule has 0 N–H and O–H groups in total. The largest absolute Gasteiger partial charge is 2.00 e. The van der Waals surface area contributed by atoms with Crippen molar-refractivity contribution >= 4 is 51.3 Å². The topological polar surface area (TPSA) is 51.9 Å². The van der Waals surface area contributed by atoms with Crippen LogP contribution in [0.1, 0.15) is 76.4 Å². The van der Waals surface area contributed by atoms with E-state index in [1.807, 2.05) is 24.4 Å². The van der Waals surface area contributed by atoms with E-state index < -0.39 is 7.05 Å². The van der Waals surface area contributed by atoms with Gasteiger partial charge in [-0.25, -0.2) is 4.98 Å². The zero-order chi connectivity index (χ0) is 39.6. The Morgan fingerprint density at radius 2 is 1.47 bits per heavy atom. The maximum absolute atomic E-state index is 6.78. The van der Waals surface area contributed by atoms with Gasteiger partial charge in [0.05, 0.1) is 11.3 Å². The van der Waals surface area contributed by atoms with Crippen molar-refractivity contribution in [2.45, 2.75) is 78.6 Å². The average molecular weight is 940 g/mol. The zero-order valence-corrected chi connectivity index (χ0v) is 36.7. The van der Waals surface area contributed by atoms with Gasteiger partial charge in [-0.1, -0.05) is 143 Å². The van der Waals surface area contributed by atoms with E-state index in [9.17, 15) is 0 Å². The zero-order valence-electron chi connectivity index (χ0n) is 34.4. The van der Waals surface area contributed by atoms with E-state index in [1.54, 1.807) is 0 Å². The van der Waals surface area contributed by atoms with Crippen LogP contribution in [-0.4, -0.2) is 21.4 Å². The Morgan fingerprint density at radius 1 is 0.759 bits per heavy atom. The number of aromatic nitrogens is 3. The first kappa shape index (κ1) is 38.1. The van der Waals surface area contributed by atoms with Gasteiger partial charge in [0, 0.05) is 51.0 Å². The molecule has 58 heavy (non-hydrogen) atoms. The first-order valence-corrected chi connectivity index (χ1v) is 19.9. The molecule has 0 saturated carbocycles. The van der Waals surface area contributed by atoms with Crippen molar-refractivity contribution in [2.24, 2.45) is 0 Å². The molecule has 5 aromatic carbocycles. The number of ether oxygens (including phenoxy) is 1. The summed E-state index contributed by atoms with van der Waals surface area (Å²) in [7, 11) is -0.421. The number of para-hydroxylation sites is 1. The summed E-state index contributed by atoms with van der Waals surface area (Å²) in [4.78, 5) is 12.5. The third-order valence-corrected chi connectivity index (χ3v) is 12.9. The number of aryl methyl sites for hydroxylation is 2. The molecular formula is C50H45BN4O2Pt. The number of rotatable bonds is 5. The maximum atomic E-state index is 6.78. The average Bonchev–Trinajstić information content (AvgIpc) is 3.77. The summed E-state index contributed by atoms with van der Waals surface area (Å²) in [6.07, 6.45) is 1.89. The van der Waals surface area contributed by atoms with E-state index in [-0.39, 0.29) is 37.3 Å². The number of benzene rings is 5. The number of nitrogens with zero attached hydrogens (tertiary/aromatic N) is 4. The van der Waals surface area contributed by atoms with Crippen LogP contribution in [0.4, 0.5) is 11.5 Å². The molecule has 6 nitrogen and oxygen atoms in total. The van der Waals surface area contributed by atoms with Crippen molar-refractivity contribution in [2.75, 3.05) is 4.81 Å². The fourth-order valence-corrected chi connectivity index (χ4v) is 9.10. The van der Waals surface area contributed by atoms with Gasteiger partial charge in [0.25, 0.3) is 0 Å². The molecule has 2 aliphatic heterocycles. The van der Waals surface area contributed by atoms with Crippen LogP contribution < -0.4 is 19.7 Å². The van der Waals surface area contributed by atoms with E-state index in [2.05, 4.69) is 169 Å². The summed E-state index contributed by atoms with van der Waals surface area (Å²) in [6.45, 7) is 20.4. The van der Waals surface area contributed by atoms with Crippen LogP contribution in [0.5, 0.6) is 17.2 Å². The minimum atomic E-state index is -0.421. The third kappa shape index (κ3) is 5.57. The van der Waals surface area contributed by atoms with Crippen molar-refractivity contribution in [1.29, 1.82) is 0 Å². The van der Waals surface area contributed by atoms with Gasteiger partial charge >= 0.3 is 28.1 Å². The van der Waals surface area contributed by atoms with E-state index in [4.69, 9.17) is 19.4 Å². The number of anilines is 2. The summed E-state index contributed by atoms with van der Waals surface area (Å²) in [5, 5.41) is 3.19. The molecule has 8 aromatic rings. The van der Waals surface area contributed by atoms with E-state index >= 15 is 0 Å². The second kappa shape index (κ2) is 13.3. The molecule has 0 amide bonds. The Bertz CT molecular complexity index is 2930. The Kier molecular flexibility index (Phi) is 8.76. The van der Waals surface area contributed by atoms with E-state index in [1.165, 1.54) is 27.7 Å². The van der Waals surface area contributed by atoms with Crippen molar-refractivity contribution in [1.82, 2.24) is 14.4 Å². The predicted molar refractivity (Wildman–Crippen MR) is 233 cm³/mol. The third-order valence-electron chi connectivity index (χ3n) is 12.9. The molecule has 0 spiro atoms. The second-order valence-electron chi connectivity index (χ2n) is 17.8. The van der Waals surface area contributed by atoms with Crippen LogP contribution in [0.25, 0.3) is 38.6 Å². The summed E-state index contributed by atoms with van der Waals surface area (Å²) in [6, 6.07) is 43.3. The monoisotopic (exact) mass is 939 g/mol. The SMILES string of the molecule is Cc1cccc(C)c1B1Oc2ccc(Oc3[c-]c4c(cc3)c3cccc5c3n3c(c(-c6ccccc6)nc43)C(C)(C)C5(C)C)[c-]c2N1c1cc(C(C)(C)C)ccn1.[Pt+2]. The molecule has 2 aliphatic rings. The van der Waals surface area contributed by atoms with E-state index in [0.29, 0.717) is 11.5 Å². The molecule has 0 fully saturated rings. The van der Waals surface area contributed by atoms with Crippen molar-refractivity contribution in [3.63, 3.8) is 0 Å². The molecule has 0 aliphatic carbocycles. The van der Waals surface area contributed by atoms with Crippen molar-refractivity contribution in [3.05, 3.63) is 149 Å². The van der Waals surface area contributed by atoms with Gasteiger partial charge < -0.3 is 18.6 Å². The summed E-state index contributed by atoms with van der Waals surface area (Å²) in [5.41, 5.74) is 11.7. The standard InChI is InChI=1S/C50H45BN4O2.Pt/c1-30-15-13-16-31(2)43(30)51-55(42-27-33(25-26-52-42)48(3,4)5)40-29-35(22-24-41(40)57-51)56-34-21-23-36-37-19-14-20-39-45(37)54-46(50(8,9)49(39,6)7)44(32-17-11-10-12-18-32)53-47(54)38(36)28-34;/h10-27H,1-9H3;/q-2;+2. The molecule has 10 rings (SSSR count). The molecule has 0 bridgehead atoms. The minimum Gasteiger partial charge on any atom is -0.599 e. The Hall–Kier alpha value is -5.39. The Morgan fingerprint density at radius 3 is 2.21 bits per heavy atom. The Labute approximate surface area is 355 Å². The fourth-order valence-electron chi connectivity index (χ4n) is 9.10. The quantitative estimate of drug-likeness (QED) is 0.0978. The summed E-state index contributed by atoms with van der Waals surface area (Å²) >= 11 is 0. The van der Waals surface area contributed by atoms with Gasteiger partial charge in [0.2, 0.25) is 0 Å². The first-order valence-electron chi connectivity index (χ1n) is 19.9. The summed E-state index contributed by atoms with van der Waals surface area (Å²) < 4.78 is 15.9. The van der Waals surface area contributed by atoms with Crippen LogP contribution >= 0.6 is 0 Å². The number of hydrogen-bond acceptors (Lipinski definition) is 5. The summed E-state index contributed by atoms with van der Waals surface area (Å²) in [5.74, 6) is 2.67. The normalized spacial score (nSPS) is 15.2. The number of hydrogen-bond donors (Lipinski definition) is 0.